The van der Waals surface area contributed by atoms with Gasteiger partial charge in [-0.2, -0.15) is 0 Å². The third-order valence-corrected chi connectivity index (χ3v) is 2.22. The lowest BCUT2D eigenvalue weighted by Gasteiger charge is -2.07. The van der Waals surface area contributed by atoms with Crippen LogP contribution in [0, 0.1) is 20.8 Å². The molecule has 1 rings (SSSR count). The molecule has 0 heterocycles. The van der Waals surface area contributed by atoms with Crippen LogP contribution in [0.15, 0.2) is 17.3 Å². The van der Waals surface area contributed by atoms with Crippen molar-refractivity contribution < 1.29 is 5.21 Å². The Labute approximate surface area is 77.9 Å². The minimum atomic E-state index is 0.167. The van der Waals surface area contributed by atoms with Crippen molar-refractivity contribution in [1.29, 1.82) is 0 Å². The first-order valence-corrected chi connectivity index (χ1v) is 4.12. The second kappa shape index (κ2) is 3.47. The molecule has 0 aliphatic heterocycles. The molecular formula is C10H14N2O. The molecule has 0 saturated heterocycles. The summed E-state index contributed by atoms with van der Waals surface area (Å²) in [7, 11) is 0. The lowest BCUT2D eigenvalue weighted by molar-refractivity contribution is 0.318. The van der Waals surface area contributed by atoms with E-state index in [1.165, 1.54) is 5.56 Å². The van der Waals surface area contributed by atoms with Gasteiger partial charge in [-0.1, -0.05) is 11.2 Å². The molecule has 0 aliphatic carbocycles. The Bertz CT molecular complexity index is 356. The van der Waals surface area contributed by atoms with Crippen molar-refractivity contribution >= 4 is 5.84 Å². The Morgan fingerprint density at radius 3 is 2.23 bits per heavy atom. The number of rotatable bonds is 1. The molecule has 1 aromatic rings. The van der Waals surface area contributed by atoms with Gasteiger partial charge in [0.1, 0.15) is 0 Å². The monoisotopic (exact) mass is 178 g/mol. The molecule has 0 spiro atoms. The van der Waals surface area contributed by atoms with Crippen molar-refractivity contribution in [2.24, 2.45) is 10.9 Å². The Morgan fingerprint density at radius 2 is 1.69 bits per heavy atom. The highest BCUT2D eigenvalue weighted by Gasteiger charge is 2.05. The summed E-state index contributed by atoms with van der Waals surface area (Å²) in [6, 6.07) is 3.96. The lowest BCUT2D eigenvalue weighted by Crippen LogP contribution is -2.15. The van der Waals surface area contributed by atoms with Gasteiger partial charge in [-0.3, -0.25) is 0 Å². The fourth-order valence-corrected chi connectivity index (χ4v) is 1.29. The molecule has 1 aromatic carbocycles. The van der Waals surface area contributed by atoms with Gasteiger partial charge < -0.3 is 10.9 Å². The first-order chi connectivity index (χ1) is 6.06. The minimum absolute atomic E-state index is 0.167. The number of oxime groups is 1. The van der Waals surface area contributed by atoms with Crippen molar-refractivity contribution in [3.05, 3.63) is 34.4 Å². The van der Waals surface area contributed by atoms with Gasteiger partial charge in [0.2, 0.25) is 0 Å². The summed E-state index contributed by atoms with van der Waals surface area (Å²) in [5.41, 5.74) is 9.70. The second-order valence-electron chi connectivity index (χ2n) is 3.24. The van der Waals surface area contributed by atoms with E-state index >= 15 is 0 Å². The third-order valence-electron chi connectivity index (χ3n) is 2.22. The van der Waals surface area contributed by atoms with Gasteiger partial charge >= 0.3 is 0 Å². The number of amidine groups is 1. The Hall–Kier alpha value is -1.51. The van der Waals surface area contributed by atoms with Crippen LogP contribution >= 0.6 is 0 Å². The van der Waals surface area contributed by atoms with Crippen LogP contribution in [0.4, 0.5) is 0 Å². The van der Waals surface area contributed by atoms with Crippen LogP contribution in [-0.4, -0.2) is 11.0 Å². The zero-order valence-corrected chi connectivity index (χ0v) is 8.13. The fourth-order valence-electron chi connectivity index (χ4n) is 1.29. The second-order valence-corrected chi connectivity index (χ2v) is 3.24. The average molecular weight is 178 g/mol. The molecule has 3 nitrogen and oxygen atoms in total. The lowest BCUT2D eigenvalue weighted by atomic mass is 10.0. The van der Waals surface area contributed by atoms with Crippen molar-refractivity contribution in [1.82, 2.24) is 0 Å². The van der Waals surface area contributed by atoms with E-state index < -0.39 is 0 Å². The summed E-state index contributed by atoms with van der Waals surface area (Å²) in [6.07, 6.45) is 0. The Kier molecular flexibility index (Phi) is 2.56. The highest BCUT2D eigenvalue weighted by molar-refractivity contribution is 5.98. The molecule has 0 atom stereocenters. The van der Waals surface area contributed by atoms with Crippen molar-refractivity contribution in [2.75, 3.05) is 0 Å². The predicted octanol–water partition coefficient (Wildman–Crippen LogP) is 1.71. The van der Waals surface area contributed by atoms with Crippen LogP contribution in [-0.2, 0) is 0 Å². The zero-order valence-electron chi connectivity index (χ0n) is 8.13. The Balaban J connectivity index is 3.32. The third kappa shape index (κ3) is 1.80. The molecule has 0 radical (unpaired) electrons. The molecule has 0 aromatic heterocycles. The average Bonchev–Trinajstić information content (AvgIpc) is 2.10. The number of benzene rings is 1. The standard InChI is InChI=1S/C10H14N2O/c1-6-4-8(3)9(5-7(6)2)10(11)12-13/h4-5,13H,1-3H3,(H2,11,12). The summed E-state index contributed by atoms with van der Waals surface area (Å²) >= 11 is 0. The van der Waals surface area contributed by atoms with E-state index in [1.54, 1.807) is 0 Å². The molecule has 3 N–H and O–H groups in total. The number of hydrogen-bond donors (Lipinski definition) is 2. The first-order valence-electron chi connectivity index (χ1n) is 4.12. The highest BCUT2D eigenvalue weighted by Crippen LogP contribution is 2.14. The molecular weight excluding hydrogens is 164 g/mol. The predicted molar refractivity (Wildman–Crippen MR) is 53.2 cm³/mol. The van der Waals surface area contributed by atoms with Crippen LogP contribution in [0.1, 0.15) is 22.3 Å². The molecule has 70 valence electrons. The molecule has 0 aliphatic rings. The van der Waals surface area contributed by atoms with E-state index in [-0.39, 0.29) is 5.84 Å². The van der Waals surface area contributed by atoms with E-state index in [4.69, 9.17) is 10.9 Å². The van der Waals surface area contributed by atoms with Crippen molar-refractivity contribution in [3.8, 4) is 0 Å². The first kappa shape index (κ1) is 9.58. The zero-order chi connectivity index (χ0) is 10.0. The normalized spacial score (nSPS) is 11.8. The maximum Gasteiger partial charge on any atom is 0.170 e. The molecule has 0 amide bonds. The minimum Gasteiger partial charge on any atom is -0.409 e. The van der Waals surface area contributed by atoms with Crippen LogP contribution in [0.2, 0.25) is 0 Å². The Morgan fingerprint density at radius 1 is 1.15 bits per heavy atom. The summed E-state index contributed by atoms with van der Waals surface area (Å²) < 4.78 is 0. The fraction of sp³-hybridized carbons (Fsp3) is 0.300. The number of nitrogens with zero attached hydrogens (tertiary/aromatic N) is 1. The summed E-state index contributed by atoms with van der Waals surface area (Å²) in [6.45, 7) is 5.99. The maximum atomic E-state index is 8.54. The smallest absolute Gasteiger partial charge is 0.170 e. The van der Waals surface area contributed by atoms with E-state index in [0.717, 1.165) is 16.7 Å². The van der Waals surface area contributed by atoms with E-state index in [0.29, 0.717) is 0 Å². The van der Waals surface area contributed by atoms with Gasteiger partial charge in [0, 0.05) is 5.56 Å². The van der Waals surface area contributed by atoms with Crippen LogP contribution in [0.5, 0.6) is 0 Å². The topological polar surface area (TPSA) is 58.6 Å². The molecule has 0 fully saturated rings. The summed E-state index contributed by atoms with van der Waals surface area (Å²) in [5.74, 6) is 0.167. The van der Waals surface area contributed by atoms with Crippen LogP contribution in [0.25, 0.3) is 0 Å². The van der Waals surface area contributed by atoms with Gasteiger partial charge in [0.25, 0.3) is 0 Å². The van der Waals surface area contributed by atoms with Gasteiger partial charge in [-0.25, -0.2) is 0 Å². The molecule has 3 heteroatoms. The van der Waals surface area contributed by atoms with E-state index in [1.807, 2.05) is 32.9 Å². The van der Waals surface area contributed by atoms with Crippen LogP contribution < -0.4 is 5.73 Å². The maximum absolute atomic E-state index is 8.54. The quantitative estimate of drug-likeness (QED) is 0.297. The molecule has 13 heavy (non-hydrogen) atoms. The summed E-state index contributed by atoms with van der Waals surface area (Å²) in [5, 5.41) is 11.5. The number of hydrogen-bond acceptors (Lipinski definition) is 2. The van der Waals surface area contributed by atoms with Gasteiger partial charge in [-0.15, -0.1) is 0 Å². The number of nitrogens with two attached hydrogens (primary N) is 1. The summed E-state index contributed by atoms with van der Waals surface area (Å²) in [4.78, 5) is 0. The van der Waals surface area contributed by atoms with Gasteiger partial charge in [0.05, 0.1) is 0 Å². The van der Waals surface area contributed by atoms with E-state index in [9.17, 15) is 0 Å². The molecule has 0 unspecified atom stereocenters. The van der Waals surface area contributed by atoms with Gasteiger partial charge in [0.15, 0.2) is 5.84 Å². The van der Waals surface area contributed by atoms with Crippen molar-refractivity contribution in [2.45, 2.75) is 20.8 Å². The van der Waals surface area contributed by atoms with Crippen molar-refractivity contribution in [3.63, 3.8) is 0 Å². The SMILES string of the molecule is Cc1cc(C)c(/C(N)=N/O)cc1C. The largest absolute Gasteiger partial charge is 0.409 e. The molecule has 0 bridgehead atoms. The molecule has 0 saturated carbocycles. The number of aryl methyl sites for hydroxylation is 3. The highest BCUT2D eigenvalue weighted by atomic mass is 16.4. The van der Waals surface area contributed by atoms with E-state index in [2.05, 4.69) is 5.16 Å². The van der Waals surface area contributed by atoms with Gasteiger partial charge in [-0.05, 0) is 43.5 Å². The van der Waals surface area contributed by atoms with Crippen LogP contribution in [0.3, 0.4) is 0 Å².